The number of aromatic hydroxyl groups is 2. The summed E-state index contributed by atoms with van der Waals surface area (Å²) in [5.74, 6) is -0.368. The molecule has 2 aromatic carbocycles. The van der Waals surface area contributed by atoms with E-state index < -0.39 is 5.43 Å². The highest BCUT2D eigenvalue weighted by Crippen LogP contribution is 2.38. The first-order valence-corrected chi connectivity index (χ1v) is 6.85. The number of phenolic OH excluding ortho intramolecular Hbond substituents is 2. The normalized spacial score (nSPS) is 11.4. The Balaban J connectivity index is 2.70. The SMILES string of the molecule is Cc1cc2oc3c(Cl)cc(Cl)c(O)c3c(=O)c2c(C)c1O. The van der Waals surface area contributed by atoms with Crippen LogP contribution in [0.4, 0.5) is 0 Å². The Bertz CT molecular complexity index is 973. The lowest BCUT2D eigenvalue weighted by Crippen LogP contribution is -2.05. The summed E-state index contributed by atoms with van der Waals surface area (Å²) in [6.07, 6.45) is 0. The topological polar surface area (TPSA) is 70.7 Å². The van der Waals surface area contributed by atoms with Gasteiger partial charge in [0.15, 0.2) is 5.58 Å². The van der Waals surface area contributed by atoms with Crippen LogP contribution in [0.15, 0.2) is 21.3 Å². The minimum absolute atomic E-state index is 0.0155. The Morgan fingerprint density at radius 2 is 1.67 bits per heavy atom. The zero-order valence-corrected chi connectivity index (χ0v) is 12.6. The third-order valence-corrected chi connectivity index (χ3v) is 4.09. The van der Waals surface area contributed by atoms with E-state index in [9.17, 15) is 15.0 Å². The Morgan fingerprint density at radius 1 is 1.00 bits per heavy atom. The minimum Gasteiger partial charge on any atom is -0.507 e. The van der Waals surface area contributed by atoms with Gasteiger partial charge in [-0.3, -0.25) is 4.79 Å². The highest BCUT2D eigenvalue weighted by atomic mass is 35.5. The number of rotatable bonds is 0. The van der Waals surface area contributed by atoms with E-state index in [-0.39, 0.29) is 37.9 Å². The smallest absolute Gasteiger partial charge is 0.204 e. The van der Waals surface area contributed by atoms with Crippen LogP contribution in [0, 0.1) is 13.8 Å². The fourth-order valence-electron chi connectivity index (χ4n) is 2.44. The molecule has 0 atom stereocenters. The van der Waals surface area contributed by atoms with Gasteiger partial charge in [-0.15, -0.1) is 0 Å². The largest absolute Gasteiger partial charge is 0.507 e. The van der Waals surface area contributed by atoms with Gasteiger partial charge in [-0.25, -0.2) is 0 Å². The van der Waals surface area contributed by atoms with Gasteiger partial charge >= 0.3 is 0 Å². The second kappa shape index (κ2) is 4.55. The maximum absolute atomic E-state index is 12.6. The average molecular weight is 325 g/mol. The van der Waals surface area contributed by atoms with Crippen molar-refractivity contribution in [3.8, 4) is 11.5 Å². The second-order valence-electron chi connectivity index (χ2n) is 4.86. The molecular formula is C15H10Cl2O4. The van der Waals surface area contributed by atoms with Gasteiger partial charge in [0.1, 0.15) is 22.5 Å². The molecule has 0 aliphatic rings. The van der Waals surface area contributed by atoms with Crippen LogP contribution in [0.25, 0.3) is 21.9 Å². The summed E-state index contributed by atoms with van der Waals surface area (Å²) in [6.45, 7) is 3.31. The third-order valence-electron chi connectivity index (χ3n) is 3.52. The maximum Gasteiger partial charge on any atom is 0.204 e. The first-order chi connectivity index (χ1) is 9.82. The van der Waals surface area contributed by atoms with Crippen LogP contribution < -0.4 is 5.43 Å². The standard InChI is InChI=1S/C15H10Cl2O4/c1-5-3-9-10(6(2)12(5)18)14(20)11-13(19)7(16)4-8(17)15(11)21-9/h3-4,18-19H,1-2H3. The molecule has 0 bridgehead atoms. The van der Waals surface area contributed by atoms with Gasteiger partial charge < -0.3 is 14.6 Å². The van der Waals surface area contributed by atoms with E-state index in [0.29, 0.717) is 16.7 Å². The van der Waals surface area contributed by atoms with Crippen LogP contribution in [0.3, 0.4) is 0 Å². The molecule has 0 spiro atoms. The quantitative estimate of drug-likeness (QED) is 0.605. The molecule has 1 aromatic heterocycles. The van der Waals surface area contributed by atoms with Crippen molar-refractivity contribution in [2.75, 3.05) is 0 Å². The van der Waals surface area contributed by atoms with Crippen molar-refractivity contribution < 1.29 is 14.6 Å². The summed E-state index contributed by atoms with van der Waals surface area (Å²) in [5, 5.41) is 20.2. The predicted molar refractivity (Wildman–Crippen MR) is 82.8 cm³/mol. The van der Waals surface area contributed by atoms with Crippen LogP contribution in [0.2, 0.25) is 10.0 Å². The zero-order chi connectivity index (χ0) is 15.5. The number of aryl methyl sites for hydroxylation is 2. The van der Waals surface area contributed by atoms with Crippen LogP contribution in [-0.2, 0) is 0 Å². The van der Waals surface area contributed by atoms with Crippen molar-refractivity contribution in [1.29, 1.82) is 0 Å². The number of phenols is 2. The van der Waals surface area contributed by atoms with E-state index in [1.54, 1.807) is 19.9 Å². The van der Waals surface area contributed by atoms with E-state index in [2.05, 4.69) is 0 Å². The molecule has 1 heterocycles. The van der Waals surface area contributed by atoms with Crippen molar-refractivity contribution >= 4 is 45.1 Å². The highest BCUT2D eigenvalue weighted by Gasteiger charge is 2.20. The van der Waals surface area contributed by atoms with Crippen LogP contribution in [-0.4, -0.2) is 10.2 Å². The molecule has 2 N–H and O–H groups in total. The van der Waals surface area contributed by atoms with Crippen LogP contribution >= 0.6 is 23.2 Å². The number of hydrogen-bond donors (Lipinski definition) is 2. The Labute approximate surface area is 129 Å². The van der Waals surface area contributed by atoms with E-state index in [4.69, 9.17) is 27.6 Å². The molecule has 0 saturated carbocycles. The number of fused-ring (bicyclic) bond motifs is 2. The zero-order valence-electron chi connectivity index (χ0n) is 11.1. The molecule has 21 heavy (non-hydrogen) atoms. The van der Waals surface area contributed by atoms with E-state index >= 15 is 0 Å². The molecule has 0 fully saturated rings. The number of hydrogen-bond acceptors (Lipinski definition) is 4. The fraction of sp³-hybridized carbons (Fsp3) is 0.133. The summed E-state index contributed by atoms with van der Waals surface area (Å²) in [7, 11) is 0. The van der Waals surface area contributed by atoms with E-state index in [1.807, 2.05) is 0 Å². The first kappa shape index (κ1) is 14.0. The summed E-state index contributed by atoms with van der Waals surface area (Å²) < 4.78 is 5.65. The summed E-state index contributed by atoms with van der Waals surface area (Å²) in [5.41, 5.74) is 0.846. The minimum atomic E-state index is -0.485. The van der Waals surface area contributed by atoms with Crippen LogP contribution in [0.5, 0.6) is 11.5 Å². The van der Waals surface area contributed by atoms with Crippen molar-refractivity contribution in [1.82, 2.24) is 0 Å². The second-order valence-corrected chi connectivity index (χ2v) is 5.68. The van der Waals surface area contributed by atoms with Crippen molar-refractivity contribution in [2.45, 2.75) is 13.8 Å². The Hall–Kier alpha value is -1.91. The number of benzene rings is 2. The summed E-state index contributed by atoms with van der Waals surface area (Å²) in [4.78, 5) is 12.6. The molecule has 4 nitrogen and oxygen atoms in total. The molecule has 3 rings (SSSR count). The van der Waals surface area contributed by atoms with E-state index in [1.165, 1.54) is 6.07 Å². The molecule has 0 unspecified atom stereocenters. The van der Waals surface area contributed by atoms with E-state index in [0.717, 1.165) is 0 Å². The molecule has 3 aromatic rings. The third kappa shape index (κ3) is 1.87. The van der Waals surface area contributed by atoms with Crippen molar-refractivity contribution in [3.05, 3.63) is 43.5 Å². The molecule has 0 aliphatic heterocycles. The monoisotopic (exact) mass is 324 g/mol. The van der Waals surface area contributed by atoms with Crippen molar-refractivity contribution in [3.63, 3.8) is 0 Å². The van der Waals surface area contributed by atoms with Gasteiger partial charge in [-0.2, -0.15) is 0 Å². The van der Waals surface area contributed by atoms with Gasteiger partial charge in [-0.1, -0.05) is 23.2 Å². The summed E-state index contributed by atoms with van der Waals surface area (Å²) >= 11 is 11.9. The molecule has 0 amide bonds. The van der Waals surface area contributed by atoms with Gasteiger partial charge in [0.25, 0.3) is 0 Å². The van der Waals surface area contributed by atoms with Gasteiger partial charge in [0, 0.05) is 5.56 Å². The first-order valence-electron chi connectivity index (χ1n) is 6.09. The van der Waals surface area contributed by atoms with Gasteiger partial charge in [0.05, 0.1) is 15.4 Å². The van der Waals surface area contributed by atoms with Crippen molar-refractivity contribution in [2.24, 2.45) is 0 Å². The average Bonchev–Trinajstić information content (AvgIpc) is 2.42. The Kier molecular flexibility index (Phi) is 3.04. The predicted octanol–water partition coefficient (Wildman–Crippen LogP) is 4.28. The lowest BCUT2D eigenvalue weighted by Gasteiger charge is -2.10. The molecular weight excluding hydrogens is 315 g/mol. The summed E-state index contributed by atoms with van der Waals surface area (Å²) in [6, 6.07) is 2.87. The molecule has 0 aliphatic carbocycles. The molecule has 6 heteroatoms. The fourth-order valence-corrected chi connectivity index (χ4v) is 2.94. The van der Waals surface area contributed by atoms with Gasteiger partial charge in [-0.05, 0) is 31.5 Å². The molecule has 108 valence electrons. The van der Waals surface area contributed by atoms with Gasteiger partial charge in [0.2, 0.25) is 5.43 Å². The number of halogens is 2. The lowest BCUT2D eigenvalue weighted by atomic mass is 10.0. The van der Waals surface area contributed by atoms with Crippen LogP contribution in [0.1, 0.15) is 11.1 Å². The lowest BCUT2D eigenvalue weighted by molar-refractivity contribution is 0.467. The molecule has 0 radical (unpaired) electrons. The highest BCUT2D eigenvalue weighted by molar-refractivity contribution is 6.39. The maximum atomic E-state index is 12.6. The Morgan fingerprint density at radius 3 is 2.33 bits per heavy atom. The molecule has 0 saturated heterocycles.